The molecule has 0 aliphatic rings. The molecule has 4 heteroatoms. The molecule has 0 aromatic rings. The Kier molecular flexibility index (Phi) is 149. The van der Waals surface area contributed by atoms with Crippen LogP contribution in [0, 0.1) is 0 Å². The Morgan fingerprint density at radius 1 is 0.500 bits per heavy atom. The van der Waals surface area contributed by atoms with Crippen LogP contribution in [0.2, 0.25) is 0 Å². The van der Waals surface area contributed by atoms with Gasteiger partial charge in [-0.15, -0.1) is 0 Å². The molecule has 0 bridgehead atoms. The summed E-state index contributed by atoms with van der Waals surface area (Å²) >= 11 is 0. The zero-order chi connectivity index (χ0) is 0. The van der Waals surface area contributed by atoms with E-state index >= 15 is 0 Å². The Hall–Kier alpha value is 2.38. The van der Waals surface area contributed by atoms with Crippen LogP contribution in [0.4, 0.5) is 0 Å². The molecule has 3 radical (unpaired) electrons. The first-order valence-electron chi connectivity index (χ1n) is 0. The van der Waals surface area contributed by atoms with Gasteiger partial charge in [-0.05, 0) is 0 Å². The van der Waals surface area contributed by atoms with E-state index in [4.69, 9.17) is 0 Å². The average Bonchev–Trinajstić information content (AvgIpc) is 0. The summed E-state index contributed by atoms with van der Waals surface area (Å²) in [4.78, 5) is 0. The molecule has 0 saturated heterocycles. The fourth-order valence-electron chi connectivity index (χ4n) is 0. The molecule has 0 atom stereocenters. The van der Waals surface area contributed by atoms with E-state index in [9.17, 15) is 0 Å². The molecule has 0 aliphatic heterocycles. The Labute approximate surface area is 74.7 Å². The summed E-state index contributed by atoms with van der Waals surface area (Å²) in [6, 6.07) is 0. The van der Waals surface area contributed by atoms with Crippen LogP contribution in [-0.4, -0.2) is 24.4 Å². The Morgan fingerprint density at radius 2 is 0.500 bits per heavy atom. The van der Waals surface area contributed by atoms with Crippen molar-refractivity contribution in [1.82, 2.24) is 0 Å². The van der Waals surface area contributed by atoms with E-state index in [2.05, 4.69) is 0 Å². The van der Waals surface area contributed by atoms with E-state index in [-0.39, 0.29) is 75.6 Å². The Morgan fingerprint density at radius 3 is 0.500 bits per heavy atom. The van der Waals surface area contributed by atoms with E-state index < -0.39 is 0 Å². The van der Waals surface area contributed by atoms with Crippen LogP contribution in [0.5, 0.6) is 0 Å². The van der Waals surface area contributed by atoms with Crippen LogP contribution in [-0.2, 0) is 51.2 Å². The Bertz CT molecular complexity index is 3.25. The third-order valence-corrected chi connectivity index (χ3v) is 0. The van der Waals surface area contributed by atoms with Crippen molar-refractivity contribution in [1.29, 1.82) is 0 Å². The maximum Gasteiger partial charge on any atom is 1.00 e. The molecule has 0 unspecified atom stereocenters. The van der Waals surface area contributed by atoms with Gasteiger partial charge in [0.2, 0.25) is 0 Å². The van der Waals surface area contributed by atoms with Gasteiger partial charge < -0.3 is 0 Å². The van der Waals surface area contributed by atoms with Gasteiger partial charge >= 0.3 is 51.2 Å². The smallest absolute Gasteiger partial charge is 0 e. The standard InChI is InChI=1S/3Cu.Sb/q3*+1;. The van der Waals surface area contributed by atoms with Crippen molar-refractivity contribution in [2.45, 2.75) is 0 Å². The van der Waals surface area contributed by atoms with E-state index in [1.165, 1.54) is 0 Å². The molecule has 35 valence electrons. The second kappa shape index (κ2) is 18.2. The molecule has 0 amide bonds. The average molecular weight is 312 g/mol. The van der Waals surface area contributed by atoms with Gasteiger partial charge in [-0.1, -0.05) is 0 Å². The molecule has 0 heterocycles. The van der Waals surface area contributed by atoms with Crippen molar-refractivity contribution < 1.29 is 51.2 Å². The Balaban J connectivity index is 0. The summed E-state index contributed by atoms with van der Waals surface area (Å²) < 4.78 is 0. The molecule has 0 rings (SSSR count). The second-order valence-corrected chi connectivity index (χ2v) is 0. The summed E-state index contributed by atoms with van der Waals surface area (Å²) in [6.07, 6.45) is 0. The quantitative estimate of drug-likeness (QED) is 0.535. The SMILES string of the molecule is [Cu+].[Cu+].[Cu+].[Sb]. The normalized spacial score (nSPS) is 0. The first-order chi connectivity index (χ1) is 0. The summed E-state index contributed by atoms with van der Waals surface area (Å²) in [5.74, 6) is 0. The maximum atomic E-state index is 0. The fraction of sp³-hybridized carbons (Fsp3) is 0. The molecular formula is Cu3Sb+3. The van der Waals surface area contributed by atoms with Crippen molar-refractivity contribution in [3.63, 3.8) is 0 Å². The van der Waals surface area contributed by atoms with Gasteiger partial charge in [0.05, 0.1) is 0 Å². The number of hydrogen-bond acceptors (Lipinski definition) is 0. The van der Waals surface area contributed by atoms with E-state index in [1.54, 1.807) is 0 Å². The second-order valence-electron chi connectivity index (χ2n) is 0. The van der Waals surface area contributed by atoms with Crippen LogP contribution in [0.25, 0.3) is 0 Å². The zero-order valence-electron chi connectivity index (χ0n) is 1.35. The molecule has 0 N–H and O–H groups in total. The number of rotatable bonds is 0. The molecule has 0 aromatic heterocycles. The summed E-state index contributed by atoms with van der Waals surface area (Å²) in [7, 11) is 0. The summed E-state index contributed by atoms with van der Waals surface area (Å²) in [6.45, 7) is 0. The first kappa shape index (κ1) is 32.6. The molecule has 0 saturated carbocycles. The van der Waals surface area contributed by atoms with E-state index in [1.807, 2.05) is 0 Å². The van der Waals surface area contributed by atoms with Gasteiger partial charge in [0.1, 0.15) is 0 Å². The van der Waals surface area contributed by atoms with Crippen molar-refractivity contribution in [2.75, 3.05) is 0 Å². The molecule has 0 aromatic carbocycles. The van der Waals surface area contributed by atoms with Crippen LogP contribution in [0.1, 0.15) is 0 Å². The van der Waals surface area contributed by atoms with Gasteiger partial charge in [0, 0.05) is 24.4 Å². The van der Waals surface area contributed by atoms with E-state index in [0.717, 1.165) is 0 Å². The minimum absolute atomic E-state index is 0. The minimum atomic E-state index is 0. The van der Waals surface area contributed by atoms with Crippen molar-refractivity contribution in [2.24, 2.45) is 0 Å². The largest absolute Gasteiger partial charge is 1.00 e. The van der Waals surface area contributed by atoms with Gasteiger partial charge in [0.25, 0.3) is 0 Å². The predicted molar refractivity (Wildman–Crippen MR) is 5.75 cm³/mol. The maximum absolute atomic E-state index is 0. The molecule has 0 spiro atoms. The van der Waals surface area contributed by atoms with E-state index in [0.29, 0.717) is 0 Å². The van der Waals surface area contributed by atoms with Crippen molar-refractivity contribution in [3.05, 3.63) is 0 Å². The first-order valence-corrected chi connectivity index (χ1v) is 0. The molecule has 0 nitrogen and oxygen atoms in total. The molecule has 4 heavy (non-hydrogen) atoms. The minimum Gasteiger partial charge on any atom is 0 e. The van der Waals surface area contributed by atoms with Crippen molar-refractivity contribution in [3.8, 4) is 0 Å². The van der Waals surface area contributed by atoms with Gasteiger partial charge in [-0.2, -0.15) is 0 Å². The van der Waals surface area contributed by atoms with Crippen LogP contribution in [0.15, 0.2) is 0 Å². The molecular weight excluding hydrogens is 312 g/mol. The molecule has 0 aliphatic carbocycles. The van der Waals surface area contributed by atoms with Crippen LogP contribution < -0.4 is 0 Å². The monoisotopic (exact) mass is 310 g/mol. The zero-order valence-corrected chi connectivity index (χ0v) is 6.73. The third kappa shape index (κ3) is 8.83. The topological polar surface area (TPSA) is 0 Å². The fourth-order valence-corrected chi connectivity index (χ4v) is 0. The predicted octanol–water partition coefficient (Wildman–Crippen LogP) is -0.388. The summed E-state index contributed by atoms with van der Waals surface area (Å²) in [5, 5.41) is 0. The van der Waals surface area contributed by atoms with Crippen molar-refractivity contribution >= 4 is 24.4 Å². The van der Waals surface area contributed by atoms with Gasteiger partial charge in [-0.3, -0.25) is 0 Å². The third-order valence-electron chi connectivity index (χ3n) is 0. The van der Waals surface area contributed by atoms with Crippen LogP contribution >= 0.6 is 0 Å². The van der Waals surface area contributed by atoms with Gasteiger partial charge in [0.15, 0.2) is 0 Å². The van der Waals surface area contributed by atoms with Crippen LogP contribution in [0.3, 0.4) is 0 Å². The molecule has 0 fully saturated rings. The number of hydrogen-bond donors (Lipinski definition) is 0. The van der Waals surface area contributed by atoms with Gasteiger partial charge in [-0.25, -0.2) is 0 Å². The summed E-state index contributed by atoms with van der Waals surface area (Å²) in [5.41, 5.74) is 0.